The highest BCUT2D eigenvalue weighted by molar-refractivity contribution is 9.10. The molecule has 1 atom stereocenters. The molecule has 2 nitrogen and oxygen atoms in total. The summed E-state index contributed by atoms with van der Waals surface area (Å²) in [5.41, 5.74) is 3.17. The van der Waals surface area contributed by atoms with E-state index in [1.165, 1.54) is 12.1 Å². The van der Waals surface area contributed by atoms with Gasteiger partial charge in [-0.25, -0.2) is 4.39 Å². The van der Waals surface area contributed by atoms with Crippen molar-refractivity contribution in [1.29, 1.82) is 0 Å². The molecular weight excluding hydrogens is 343 g/mol. The summed E-state index contributed by atoms with van der Waals surface area (Å²) in [6, 6.07) is 6.56. The fourth-order valence-electron chi connectivity index (χ4n) is 2.29. The SMILES string of the molecule is CCn1nc(C)c(Br)c1CC(CCl)c1ccc(F)cc1. The Hall–Kier alpha value is -0.870. The molecule has 0 N–H and O–H groups in total. The molecule has 108 valence electrons. The van der Waals surface area contributed by atoms with Gasteiger partial charge in [0, 0.05) is 18.3 Å². The molecule has 0 radical (unpaired) electrons. The Morgan fingerprint density at radius 1 is 1.35 bits per heavy atom. The van der Waals surface area contributed by atoms with Gasteiger partial charge in [-0.1, -0.05) is 12.1 Å². The van der Waals surface area contributed by atoms with Gasteiger partial charge in [-0.2, -0.15) is 5.10 Å². The number of rotatable bonds is 5. The smallest absolute Gasteiger partial charge is 0.123 e. The summed E-state index contributed by atoms with van der Waals surface area (Å²) in [4.78, 5) is 0. The third-order valence-electron chi connectivity index (χ3n) is 3.42. The molecule has 0 fully saturated rings. The first kappa shape index (κ1) is 15.5. The molecule has 0 aliphatic carbocycles. The number of alkyl halides is 1. The van der Waals surface area contributed by atoms with Crippen molar-refractivity contribution < 1.29 is 4.39 Å². The average molecular weight is 360 g/mol. The van der Waals surface area contributed by atoms with Gasteiger partial charge in [0.15, 0.2) is 0 Å². The van der Waals surface area contributed by atoms with E-state index in [0.717, 1.165) is 34.4 Å². The van der Waals surface area contributed by atoms with Crippen molar-refractivity contribution in [3.63, 3.8) is 0 Å². The Kier molecular flexibility index (Phi) is 5.22. The molecule has 0 saturated heterocycles. The maximum absolute atomic E-state index is 13.0. The van der Waals surface area contributed by atoms with Crippen LogP contribution in [0.5, 0.6) is 0 Å². The van der Waals surface area contributed by atoms with E-state index in [1.54, 1.807) is 12.1 Å². The summed E-state index contributed by atoms with van der Waals surface area (Å²) in [6.07, 6.45) is 0.782. The molecule has 1 aromatic carbocycles. The summed E-state index contributed by atoms with van der Waals surface area (Å²) >= 11 is 9.71. The Bertz CT molecular complexity index is 580. The third kappa shape index (κ3) is 3.23. The van der Waals surface area contributed by atoms with Crippen molar-refractivity contribution in [2.75, 3.05) is 5.88 Å². The van der Waals surface area contributed by atoms with Gasteiger partial charge in [-0.3, -0.25) is 4.68 Å². The van der Waals surface area contributed by atoms with Crippen LogP contribution in [0.15, 0.2) is 28.7 Å². The first-order chi connectivity index (χ1) is 9.56. The predicted molar refractivity (Wildman–Crippen MR) is 83.9 cm³/mol. The van der Waals surface area contributed by atoms with E-state index < -0.39 is 0 Å². The molecule has 1 unspecified atom stereocenters. The van der Waals surface area contributed by atoms with Crippen LogP contribution in [0, 0.1) is 12.7 Å². The Morgan fingerprint density at radius 3 is 2.55 bits per heavy atom. The highest BCUT2D eigenvalue weighted by Crippen LogP contribution is 2.28. The Balaban J connectivity index is 2.28. The molecule has 1 heterocycles. The number of hydrogen-bond donors (Lipinski definition) is 0. The van der Waals surface area contributed by atoms with Crippen LogP contribution in [0.25, 0.3) is 0 Å². The Labute approximate surface area is 132 Å². The van der Waals surface area contributed by atoms with Crippen LogP contribution in [-0.4, -0.2) is 15.7 Å². The van der Waals surface area contributed by atoms with Gasteiger partial charge in [0.1, 0.15) is 5.82 Å². The van der Waals surface area contributed by atoms with Gasteiger partial charge >= 0.3 is 0 Å². The fourth-order valence-corrected chi connectivity index (χ4v) is 3.03. The monoisotopic (exact) mass is 358 g/mol. The zero-order valence-electron chi connectivity index (χ0n) is 11.5. The molecule has 0 bridgehead atoms. The second-order valence-corrected chi connectivity index (χ2v) is 5.87. The number of benzene rings is 1. The minimum atomic E-state index is -0.224. The van der Waals surface area contributed by atoms with Gasteiger partial charge in [-0.05, 0) is 53.9 Å². The van der Waals surface area contributed by atoms with Gasteiger partial charge in [-0.15, -0.1) is 11.6 Å². The van der Waals surface area contributed by atoms with E-state index in [2.05, 4.69) is 28.0 Å². The highest BCUT2D eigenvalue weighted by Gasteiger charge is 2.18. The number of hydrogen-bond acceptors (Lipinski definition) is 1. The third-order valence-corrected chi connectivity index (χ3v) is 4.82. The van der Waals surface area contributed by atoms with Crippen molar-refractivity contribution in [1.82, 2.24) is 9.78 Å². The van der Waals surface area contributed by atoms with Gasteiger partial charge in [0.2, 0.25) is 0 Å². The van der Waals surface area contributed by atoms with E-state index in [4.69, 9.17) is 11.6 Å². The van der Waals surface area contributed by atoms with Gasteiger partial charge in [0.05, 0.1) is 15.9 Å². The number of aryl methyl sites for hydroxylation is 2. The molecule has 2 rings (SSSR count). The molecule has 2 aromatic rings. The standard InChI is InChI=1S/C15H17BrClFN2/c1-3-20-14(15(16)10(2)19-20)8-12(9-17)11-4-6-13(18)7-5-11/h4-7,12H,3,8-9H2,1-2H3. The number of halogens is 3. The normalized spacial score (nSPS) is 12.7. The van der Waals surface area contributed by atoms with Crippen LogP contribution in [0.2, 0.25) is 0 Å². The second kappa shape index (κ2) is 6.72. The minimum absolute atomic E-state index is 0.148. The van der Waals surface area contributed by atoms with Crippen LogP contribution in [-0.2, 0) is 13.0 Å². The number of nitrogens with zero attached hydrogens (tertiary/aromatic N) is 2. The van der Waals surface area contributed by atoms with E-state index in [-0.39, 0.29) is 11.7 Å². The van der Waals surface area contributed by atoms with Crippen molar-refractivity contribution in [2.45, 2.75) is 32.7 Å². The summed E-state index contributed by atoms with van der Waals surface area (Å²) in [5, 5.41) is 4.49. The average Bonchev–Trinajstić information content (AvgIpc) is 2.73. The lowest BCUT2D eigenvalue weighted by Crippen LogP contribution is -2.10. The van der Waals surface area contributed by atoms with Crippen molar-refractivity contribution in [3.8, 4) is 0 Å². The van der Waals surface area contributed by atoms with E-state index in [0.29, 0.717) is 5.88 Å². The van der Waals surface area contributed by atoms with E-state index in [1.807, 2.05) is 11.6 Å². The van der Waals surface area contributed by atoms with Crippen molar-refractivity contribution >= 4 is 27.5 Å². The quantitative estimate of drug-likeness (QED) is 0.709. The van der Waals surface area contributed by atoms with Crippen molar-refractivity contribution in [2.24, 2.45) is 0 Å². The molecule has 0 amide bonds. The maximum Gasteiger partial charge on any atom is 0.123 e. The largest absolute Gasteiger partial charge is 0.268 e. The minimum Gasteiger partial charge on any atom is -0.268 e. The lowest BCUT2D eigenvalue weighted by Gasteiger charge is -2.15. The summed E-state index contributed by atoms with van der Waals surface area (Å²) in [6.45, 7) is 4.86. The molecule has 0 aliphatic rings. The molecule has 0 aliphatic heterocycles. The second-order valence-electron chi connectivity index (χ2n) is 4.77. The summed E-state index contributed by atoms with van der Waals surface area (Å²) in [5.74, 6) is 0.416. The van der Waals surface area contributed by atoms with E-state index in [9.17, 15) is 4.39 Å². The maximum atomic E-state index is 13.0. The van der Waals surface area contributed by atoms with Crippen molar-refractivity contribution in [3.05, 3.63) is 51.5 Å². The van der Waals surface area contributed by atoms with Crippen LogP contribution in [0.1, 0.15) is 29.8 Å². The molecule has 5 heteroatoms. The lowest BCUT2D eigenvalue weighted by molar-refractivity contribution is 0.593. The molecule has 1 aromatic heterocycles. The van der Waals surface area contributed by atoms with Crippen LogP contribution in [0.4, 0.5) is 4.39 Å². The molecule has 20 heavy (non-hydrogen) atoms. The zero-order valence-corrected chi connectivity index (χ0v) is 13.9. The van der Waals surface area contributed by atoms with Gasteiger partial charge in [0.25, 0.3) is 0 Å². The molecular formula is C15H17BrClFN2. The first-order valence-corrected chi connectivity index (χ1v) is 7.92. The number of aromatic nitrogens is 2. The van der Waals surface area contributed by atoms with Crippen LogP contribution < -0.4 is 0 Å². The predicted octanol–water partition coefficient (Wildman–Crippen LogP) is 4.68. The fraction of sp³-hybridized carbons (Fsp3) is 0.400. The van der Waals surface area contributed by atoms with Gasteiger partial charge < -0.3 is 0 Å². The van der Waals surface area contributed by atoms with Crippen LogP contribution >= 0.6 is 27.5 Å². The van der Waals surface area contributed by atoms with E-state index >= 15 is 0 Å². The first-order valence-electron chi connectivity index (χ1n) is 6.60. The summed E-state index contributed by atoms with van der Waals surface area (Å²) in [7, 11) is 0. The topological polar surface area (TPSA) is 17.8 Å². The lowest BCUT2D eigenvalue weighted by atomic mass is 9.96. The zero-order chi connectivity index (χ0) is 14.7. The highest BCUT2D eigenvalue weighted by atomic mass is 79.9. The van der Waals surface area contributed by atoms with Crippen LogP contribution in [0.3, 0.4) is 0 Å². The summed E-state index contributed by atoms with van der Waals surface area (Å²) < 4.78 is 16.0. The molecule has 0 saturated carbocycles. The molecule has 0 spiro atoms. The Morgan fingerprint density at radius 2 is 2.00 bits per heavy atom.